The summed E-state index contributed by atoms with van der Waals surface area (Å²) in [5.41, 5.74) is 4.91. The summed E-state index contributed by atoms with van der Waals surface area (Å²) in [5, 5.41) is 3.03. The molecule has 3 heteroatoms. The van der Waals surface area contributed by atoms with Crippen molar-refractivity contribution in [1.29, 1.82) is 0 Å². The molecule has 3 nitrogen and oxygen atoms in total. The second kappa shape index (κ2) is 2.35. The van der Waals surface area contributed by atoms with Crippen LogP contribution in [0.2, 0.25) is 0 Å². The lowest BCUT2D eigenvalue weighted by atomic mass is 10.5. The number of nitrogens with two attached hydrogens (primary N) is 1. The lowest BCUT2D eigenvalue weighted by molar-refractivity contribution is -0.117. The van der Waals surface area contributed by atoms with Gasteiger partial charge in [-0.25, -0.2) is 0 Å². The van der Waals surface area contributed by atoms with Crippen molar-refractivity contribution >= 4 is 5.91 Å². The van der Waals surface area contributed by atoms with Gasteiger partial charge in [-0.15, -0.1) is 0 Å². The molecule has 1 aliphatic rings. The number of nitrogens with one attached hydrogen (secondary N) is 1. The summed E-state index contributed by atoms with van der Waals surface area (Å²) in [4.78, 5) is 10.2. The normalized spacial score (nSPS) is 32.1. The van der Waals surface area contributed by atoms with E-state index in [1.807, 2.05) is 0 Å². The minimum absolute atomic E-state index is 0.269. The number of hydrogen-bond acceptors (Lipinski definition) is 2. The highest BCUT2D eigenvalue weighted by molar-refractivity contribution is 5.75. The quantitative estimate of drug-likeness (QED) is 0.537. The Balaban J connectivity index is 2.00. The molecule has 0 aromatic rings. The van der Waals surface area contributed by atoms with Gasteiger partial charge in [0.1, 0.15) is 0 Å². The van der Waals surface area contributed by atoms with Gasteiger partial charge in [0.05, 0.1) is 6.54 Å². The monoisotopic (exact) mass is 128 g/mol. The average molecular weight is 128 g/mol. The number of hydrogen-bond donors (Lipinski definition) is 2. The van der Waals surface area contributed by atoms with Crippen LogP contribution in [0, 0.1) is 5.92 Å². The number of rotatable bonds is 3. The number of carbonyl (C=O) groups is 1. The largest absolute Gasteiger partial charge is 0.369 e. The average Bonchev–Trinajstić information content (AvgIpc) is 2.42. The molecule has 0 aromatic carbocycles. The molecule has 1 rings (SSSR count). The van der Waals surface area contributed by atoms with Gasteiger partial charge in [-0.3, -0.25) is 4.79 Å². The van der Waals surface area contributed by atoms with Crippen molar-refractivity contribution in [2.75, 3.05) is 6.54 Å². The van der Waals surface area contributed by atoms with E-state index in [4.69, 9.17) is 5.73 Å². The third-order valence-corrected chi connectivity index (χ3v) is 1.65. The van der Waals surface area contributed by atoms with Crippen LogP contribution in [-0.2, 0) is 4.79 Å². The van der Waals surface area contributed by atoms with Crippen molar-refractivity contribution in [2.24, 2.45) is 11.7 Å². The van der Waals surface area contributed by atoms with Crippen LogP contribution in [0.1, 0.15) is 13.3 Å². The first-order valence-electron chi connectivity index (χ1n) is 3.22. The standard InChI is InChI=1S/C6H12N2O/c1-4-2-5(4)8-3-6(7)9/h4-5,8H,2-3H2,1H3,(H2,7,9). The molecule has 1 aliphatic carbocycles. The van der Waals surface area contributed by atoms with Gasteiger partial charge in [0, 0.05) is 6.04 Å². The smallest absolute Gasteiger partial charge is 0.231 e. The van der Waals surface area contributed by atoms with Crippen molar-refractivity contribution in [3.63, 3.8) is 0 Å². The van der Waals surface area contributed by atoms with E-state index >= 15 is 0 Å². The van der Waals surface area contributed by atoms with Crippen molar-refractivity contribution in [3.05, 3.63) is 0 Å². The van der Waals surface area contributed by atoms with Crippen LogP contribution in [0.3, 0.4) is 0 Å². The second-order valence-electron chi connectivity index (χ2n) is 2.67. The van der Waals surface area contributed by atoms with Crippen LogP contribution in [0.4, 0.5) is 0 Å². The molecule has 1 fully saturated rings. The summed E-state index contributed by atoms with van der Waals surface area (Å²) in [7, 11) is 0. The lowest BCUT2D eigenvalue weighted by Gasteiger charge is -1.96. The molecule has 1 amide bonds. The Morgan fingerprint density at radius 1 is 1.89 bits per heavy atom. The van der Waals surface area contributed by atoms with Crippen molar-refractivity contribution < 1.29 is 4.79 Å². The molecule has 0 spiro atoms. The van der Waals surface area contributed by atoms with Crippen molar-refractivity contribution in [1.82, 2.24) is 5.32 Å². The van der Waals surface area contributed by atoms with Crippen molar-refractivity contribution in [3.8, 4) is 0 Å². The van der Waals surface area contributed by atoms with Crippen LogP contribution >= 0.6 is 0 Å². The molecule has 9 heavy (non-hydrogen) atoms. The molecule has 52 valence electrons. The van der Waals surface area contributed by atoms with E-state index in [9.17, 15) is 4.79 Å². The minimum Gasteiger partial charge on any atom is -0.369 e. The van der Waals surface area contributed by atoms with Gasteiger partial charge >= 0.3 is 0 Å². The third-order valence-electron chi connectivity index (χ3n) is 1.65. The lowest BCUT2D eigenvalue weighted by Crippen LogP contribution is -2.30. The number of amides is 1. The molecule has 1 saturated carbocycles. The van der Waals surface area contributed by atoms with E-state index in [-0.39, 0.29) is 5.91 Å². The number of carbonyl (C=O) groups excluding carboxylic acids is 1. The first-order chi connectivity index (χ1) is 4.20. The van der Waals surface area contributed by atoms with Gasteiger partial charge in [0.2, 0.25) is 5.91 Å². The second-order valence-corrected chi connectivity index (χ2v) is 2.67. The van der Waals surface area contributed by atoms with Crippen LogP contribution < -0.4 is 11.1 Å². The van der Waals surface area contributed by atoms with Gasteiger partial charge in [-0.2, -0.15) is 0 Å². The molecule has 3 N–H and O–H groups in total. The van der Waals surface area contributed by atoms with E-state index in [1.165, 1.54) is 6.42 Å². The molecule has 2 atom stereocenters. The maximum absolute atomic E-state index is 10.2. The van der Waals surface area contributed by atoms with Crippen LogP contribution in [0.15, 0.2) is 0 Å². The Bertz CT molecular complexity index is 124. The Labute approximate surface area is 54.6 Å². The zero-order valence-electron chi connectivity index (χ0n) is 5.55. The molecule has 0 bridgehead atoms. The van der Waals surface area contributed by atoms with Crippen LogP contribution in [-0.4, -0.2) is 18.5 Å². The highest BCUT2D eigenvalue weighted by atomic mass is 16.1. The molecule has 0 aliphatic heterocycles. The summed E-state index contributed by atoms with van der Waals surface area (Å²) >= 11 is 0. The van der Waals surface area contributed by atoms with Gasteiger partial charge in [-0.05, 0) is 12.3 Å². The van der Waals surface area contributed by atoms with Crippen LogP contribution in [0.5, 0.6) is 0 Å². The first kappa shape index (κ1) is 6.55. The first-order valence-corrected chi connectivity index (χ1v) is 3.22. The van der Waals surface area contributed by atoms with Gasteiger partial charge in [0.25, 0.3) is 0 Å². The summed E-state index contributed by atoms with van der Waals surface area (Å²) < 4.78 is 0. The van der Waals surface area contributed by atoms with Gasteiger partial charge < -0.3 is 11.1 Å². The van der Waals surface area contributed by atoms with E-state index in [1.54, 1.807) is 0 Å². The predicted octanol–water partition coefficient (Wildman–Crippen LogP) is -0.530. The SMILES string of the molecule is CC1CC1NCC(N)=O. The summed E-state index contributed by atoms with van der Waals surface area (Å²) in [6.45, 7) is 2.48. The Morgan fingerprint density at radius 2 is 2.44 bits per heavy atom. The Hall–Kier alpha value is -0.570. The molecule has 2 unspecified atom stereocenters. The summed E-state index contributed by atoms with van der Waals surface area (Å²) in [6.07, 6.45) is 1.19. The fourth-order valence-electron chi connectivity index (χ4n) is 0.838. The zero-order valence-corrected chi connectivity index (χ0v) is 5.55. The van der Waals surface area contributed by atoms with E-state index in [0.29, 0.717) is 12.6 Å². The summed E-state index contributed by atoms with van der Waals surface area (Å²) in [6, 6.07) is 0.553. The molecular formula is C6H12N2O. The fraction of sp³-hybridized carbons (Fsp3) is 0.833. The molecule has 0 heterocycles. The fourth-order valence-corrected chi connectivity index (χ4v) is 0.838. The van der Waals surface area contributed by atoms with Crippen molar-refractivity contribution in [2.45, 2.75) is 19.4 Å². The molecule has 0 saturated heterocycles. The highest BCUT2D eigenvalue weighted by Gasteiger charge is 2.31. The molecular weight excluding hydrogens is 116 g/mol. The number of primary amides is 1. The zero-order chi connectivity index (χ0) is 6.85. The molecule has 0 aromatic heterocycles. The summed E-state index contributed by atoms with van der Waals surface area (Å²) in [5.74, 6) is 0.471. The van der Waals surface area contributed by atoms with Gasteiger partial charge in [0.15, 0.2) is 0 Å². The Kier molecular flexibility index (Phi) is 1.71. The Morgan fingerprint density at radius 3 is 2.78 bits per heavy atom. The predicted molar refractivity (Wildman–Crippen MR) is 34.8 cm³/mol. The maximum Gasteiger partial charge on any atom is 0.231 e. The molecule has 0 radical (unpaired) electrons. The third kappa shape index (κ3) is 2.01. The van der Waals surface area contributed by atoms with E-state index in [0.717, 1.165) is 5.92 Å². The van der Waals surface area contributed by atoms with E-state index in [2.05, 4.69) is 12.2 Å². The topological polar surface area (TPSA) is 55.1 Å². The van der Waals surface area contributed by atoms with Crippen LogP contribution in [0.25, 0.3) is 0 Å². The maximum atomic E-state index is 10.2. The minimum atomic E-state index is -0.269. The van der Waals surface area contributed by atoms with Gasteiger partial charge in [-0.1, -0.05) is 6.92 Å². The van der Waals surface area contributed by atoms with E-state index < -0.39 is 0 Å². The highest BCUT2D eigenvalue weighted by Crippen LogP contribution is 2.28.